The van der Waals surface area contributed by atoms with Crippen molar-refractivity contribution in [3.63, 3.8) is 0 Å². The number of carboxylic acids is 1. The van der Waals surface area contributed by atoms with E-state index in [4.69, 9.17) is 4.74 Å². The topological polar surface area (TPSA) is 139 Å². The van der Waals surface area contributed by atoms with Crippen LogP contribution < -0.4 is 10.6 Å². The number of hydrogen-bond acceptors (Lipinski definition) is 8. The number of sulfone groups is 1. The molecule has 3 rings (SSSR count). The van der Waals surface area contributed by atoms with Crippen molar-refractivity contribution in [2.45, 2.75) is 81.4 Å². The highest BCUT2D eigenvalue weighted by molar-refractivity contribution is 7.91. The van der Waals surface area contributed by atoms with Gasteiger partial charge < -0.3 is 9.84 Å². The van der Waals surface area contributed by atoms with E-state index in [1.165, 1.54) is 12.1 Å². The number of nitrogens with one attached hydrogen (secondary N) is 2. The van der Waals surface area contributed by atoms with Crippen molar-refractivity contribution < 1.29 is 32.6 Å². The highest BCUT2D eigenvalue weighted by Gasteiger charge is 2.45. The number of piperidine rings is 1. The van der Waals surface area contributed by atoms with E-state index in [-0.39, 0.29) is 41.3 Å². The molecule has 1 aromatic rings. The fraction of sp³-hybridized carbons (Fsp3) is 0.640. The zero-order valence-corrected chi connectivity index (χ0v) is 21.1. The summed E-state index contributed by atoms with van der Waals surface area (Å²) in [5.74, 6) is -1.87. The van der Waals surface area contributed by atoms with Crippen molar-refractivity contribution in [1.29, 1.82) is 0 Å². The van der Waals surface area contributed by atoms with Gasteiger partial charge in [0, 0.05) is 0 Å². The number of carbonyl (C=O) groups is 3. The number of carboxylic acid groups (broad SMARTS) is 1. The minimum atomic E-state index is -3.62. The van der Waals surface area contributed by atoms with Crippen LogP contribution in [0.25, 0.3) is 0 Å². The van der Waals surface area contributed by atoms with Gasteiger partial charge in [-0.3, -0.25) is 25.0 Å². The van der Waals surface area contributed by atoms with Crippen molar-refractivity contribution in [3.8, 4) is 0 Å². The Bertz CT molecular complexity index is 998. The quantitative estimate of drug-likeness (QED) is 0.383. The van der Waals surface area contributed by atoms with Gasteiger partial charge in [-0.15, -0.1) is 0 Å². The van der Waals surface area contributed by atoms with E-state index in [1.54, 1.807) is 32.0 Å². The average molecular weight is 509 g/mol. The van der Waals surface area contributed by atoms with Crippen molar-refractivity contribution in [2.24, 2.45) is 11.8 Å². The van der Waals surface area contributed by atoms with Gasteiger partial charge >= 0.3 is 11.9 Å². The Morgan fingerprint density at radius 3 is 2.51 bits per heavy atom. The Morgan fingerprint density at radius 1 is 1.17 bits per heavy atom. The van der Waals surface area contributed by atoms with Gasteiger partial charge in [-0.05, 0) is 57.1 Å². The number of carbonyl (C=O) groups excluding carboxylic acids is 2. The summed E-state index contributed by atoms with van der Waals surface area (Å²) >= 11 is 0. The molecule has 0 amide bonds. The molecule has 1 heterocycles. The maximum atomic E-state index is 13.5. The number of fused-ring (bicyclic) bond motifs is 1. The van der Waals surface area contributed by atoms with Crippen LogP contribution >= 0.6 is 0 Å². The van der Waals surface area contributed by atoms with E-state index in [9.17, 15) is 27.9 Å². The lowest BCUT2D eigenvalue weighted by atomic mass is 9.68. The molecule has 194 valence electrons. The summed E-state index contributed by atoms with van der Waals surface area (Å²) in [6.07, 6.45) is 4.23. The third kappa shape index (κ3) is 6.89. The number of aliphatic carboxylic acids is 1. The van der Waals surface area contributed by atoms with Crippen LogP contribution in [0.2, 0.25) is 0 Å². The van der Waals surface area contributed by atoms with Gasteiger partial charge in [0.15, 0.2) is 15.6 Å². The van der Waals surface area contributed by atoms with Crippen LogP contribution in [0.15, 0.2) is 35.2 Å². The predicted molar refractivity (Wildman–Crippen MR) is 130 cm³/mol. The Balaban J connectivity index is 1.72. The molecular weight excluding hydrogens is 472 g/mol. The second kappa shape index (κ2) is 12.1. The maximum Gasteiger partial charge on any atom is 0.323 e. The summed E-state index contributed by atoms with van der Waals surface area (Å²) in [6.45, 7) is 3.41. The minimum Gasteiger partial charge on any atom is -0.480 e. The molecule has 1 saturated carbocycles. The third-order valence-electron chi connectivity index (χ3n) is 7.15. The number of ketones is 1. The van der Waals surface area contributed by atoms with Crippen molar-refractivity contribution in [1.82, 2.24) is 10.6 Å². The van der Waals surface area contributed by atoms with E-state index in [0.717, 1.165) is 25.7 Å². The van der Waals surface area contributed by atoms with Gasteiger partial charge in [0.25, 0.3) is 0 Å². The number of ether oxygens (including phenoxy) is 1. The molecule has 1 saturated heterocycles. The van der Waals surface area contributed by atoms with Crippen LogP contribution in [-0.2, 0) is 29.0 Å². The molecule has 2 aliphatic rings. The van der Waals surface area contributed by atoms with Crippen molar-refractivity contribution >= 4 is 27.6 Å². The van der Waals surface area contributed by atoms with Gasteiger partial charge in [-0.25, -0.2) is 8.42 Å². The van der Waals surface area contributed by atoms with Crippen molar-refractivity contribution in [3.05, 3.63) is 30.3 Å². The van der Waals surface area contributed by atoms with Crippen molar-refractivity contribution in [2.75, 3.05) is 12.4 Å². The number of Topliss-reactive ketones (excluding diaryl/α,β-unsaturated/α-hetero) is 1. The number of hydrogen-bond donors (Lipinski definition) is 3. The Labute approximate surface area is 206 Å². The first-order valence-electron chi connectivity index (χ1n) is 12.4. The first kappa shape index (κ1) is 27.3. The van der Waals surface area contributed by atoms with E-state index in [0.29, 0.717) is 6.42 Å². The molecule has 0 aromatic heterocycles. The number of esters is 1. The molecular formula is C25H36N2O7S. The van der Waals surface area contributed by atoms with Crippen LogP contribution in [0.3, 0.4) is 0 Å². The normalized spacial score (nSPS) is 26.2. The molecule has 1 aromatic carbocycles. The summed E-state index contributed by atoms with van der Waals surface area (Å²) < 4.78 is 30.6. The van der Waals surface area contributed by atoms with Gasteiger partial charge in [-0.1, -0.05) is 37.5 Å². The average Bonchev–Trinajstić information content (AvgIpc) is 2.85. The summed E-state index contributed by atoms with van der Waals surface area (Å²) in [4.78, 5) is 37.9. The number of rotatable bonds is 11. The molecule has 0 spiro atoms. The molecule has 1 aliphatic heterocycles. The standard InChI is InChI=1S/C25H36N2O7S/c1-3-34-25(31)20(13-14-35(32,33)18-10-5-4-6-11-18)26-16(2)23(28)22-19-12-8-7-9-17(19)15-21(27-22)24(29)30/h4-6,10-11,16-17,19-22,26-27H,3,7-9,12-15H2,1-2H3,(H,29,30)/t16-,17?,19?,20?,21?,22?/m0/s1. The highest BCUT2D eigenvalue weighted by atomic mass is 32.2. The van der Waals surface area contributed by atoms with E-state index < -0.39 is 45.9 Å². The molecule has 0 bridgehead atoms. The summed E-state index contributed by atoms with van der Waals surface area (Å²) in [5.41, 5.74) is 0. The maximum absolute atomic E-state index is 13.5. The molecule has 35 heavy (non-hydrogen) atoms. The van der Waals surface area contributed by atoms with Crippen LogP contribution in [0, 0.1) is 11.8 Å². The molecule has 10 heteroatoms. The summed E-state index contributed by atoms with van der Waals surface area (Å²) in [7, 11) is -3.62. The molecule has 3 N–H and O–H groups in total. The minimum absolute atomic E-state index is 0.0515. The SMILES string of the molecule is CCOC(=O)C(CCS(=O)(=O)c1ccccc1)N[C@@H](C)C(=O)C1NC(C(=O)O)CC2CCCCC21. The first-order valence-corrected chi connectivity index (χ1v) is 14.0. The van der Waals surface area contributed by atoms with Gasteiger partial charge in [0.2, 0.25) is 0 Å². The van der Waals surface area contributed by atoms with Gasteiger partial charge in [0.05, 0.1) is 29.3 Å². The lowest BCUT2D eigenvalue weighted by Crippen LogP contribution is -2.62. The highest BCUT2D eigenvalue weighted by Crippen LogP contribution is 2.39. The first-order chi connectivity index (χ1) is 16.6. The Hall–Kier alpha value is -2.30. The second-order valence-electron chi connectivity index (χ2n) is 9.50. The van der Waals surface area contributed by atoms with Crippen LogP contribution in [0.4, 0.5) is 0 Å². The molecule has 5 unspecified atom stereocenters. The summed E-state index contributed by atoms with van der Waals surface area (Å²) in [6, 6.07) is 4.79. The van der Waals surface area contributed by atoms with E-state index in [1.807, 2.05) is 0 Å². The Kier molecular flexibility index (Phi) is 9.43. The van der Waals surface area contributed by atoms with Gasteiger partial charge in [-0.2, -0.15) is 0 Å². The largest absolute Gasteiger partial charge is 0.480 e. The lowest BCUT2D eigenvalue weighted by Gasteiger charge is -2.44. The fourth-order valence-electron chi connectivity index (χ4n) is 5.33. The zero-order chi connectivity index (χ0) is 25.6. The third-order valence-corrected chi connectivity index (χ3v) is 8.91. The smallest absolute Gasteiger partial charge is 0.323 e. The summed E-state index contributed by atoms with van der Waals surface area (Å²) in [5, 5.41) is 15.6. The molecule has 9 nitrogen and oxygen atoms in total. The fourth-order valence-corrected chi connectivity index (χ4v) is 6.68. The molecule has 1 aliphatic carbocycles. The molecule has 0 radical (unpaired) electrons. The molecule has 6 atom stereocenters. The zero-order valence-electron chi connectivity index (χ0n) is 20.3. The van der Waals surface area contributed by atoms with E-state index in [2.05, 4.69) is 10.6 Å². The van der Waals surface area contributed by atoms with Crippen LogP contribution in [0.1, 0.15) is 52.4 Å². The second-order valence-corrected chi connectivity index (χ2v) is 11.6. The van der Waals surface area contributed by atoms with E-state index >= 15 is 0 Å². The van der Waals surface area contributed by atoms with Crippen LogP contribution in [0.5, 0.6) is 0 Å². The monoisotopic (exact) mass is 508 g/mol. The molecule has 2 fully saturated rings. The van der Waals surface area contributed by atoms with Gasteiger partial charge in [0.1, 0.15) is 12.1 Å². The number of benzene rings is 1. The predicted octanol–water partition coefficient (Wildman–Crippen LogP) is 1.95. The van der Waals surface area contributed by atoms with Crippen LogP contribution in [-0.4, -0.2) is 67.8 Å². The lowest BCUT2D eigenvalue weighted by molar-refractivity contribution is -0.146. The Morgan fingerprint density at radius 2 is 1.86 bits per heavy atom.